The topological polar surface area (TPSA) is 59.9 Å². The molecule has 0 fully saturated rings. The third kappa shape index (κ3) is 5.40. The Bertz CT molecular complexity index is 534. The molecule has 1 aromatic heterocycles. The minimum Gasteiger partial charge on any atom is -0.229 e. The van der Waals surface area contributed by atoms with E-state index in [2.05, 4.69) is 9.97 Å². The summed E-state index contributed by atoms with van der Waals surface area (Å²) in [7, 11) is -3.16. The standard InChI is InChI=1S/C8H8ClF3N2O2S2/c1-18(15,16)3-2-17-6-4-5(9)13-7(14-6)8(10,11)12/h4H,2-3H2,1H3. The van der Waals surface area contributed by atoms with Crippen molar-refractivity contribution in [3.63, 3.8) is 0 Å². The van der Waals surface area contributed by atoms with Gasteiger partial charge in [0.2, 0.25) is 5.82 Å². The maximum atomic E-state index is 12.4. The van der Waals surface area contributed by atoms with Crippen LogP contribution in [0.2, 0.25) is 5.15 Å². The van der Waals surface area contributed by atoms with Gasteiger partial charge in [-0.15, -0.1) is 11.8 Å². The number of sulfone groups is 1. The van der Waals surface area contributed by atoms with E-state index in [1.807, 2.05) is 0 Å². The molecule has 0 atom stereocenters. The average molecular weight is 321 g/mol. The van der Waals surface area contributed by atoms with Crippen molar-refractivity contribution in [3.8, 4) is 0 Å². The van der Waals surface area contributed by atoms with E-state index in [0.717, 1.165) is 24.1 Å². The number of rotatable bonds is 4. The molecule has 0 saturated heterocycles. The molecule has 0 radical (unpaired) electrons. The zero-order chi connectivity index (χ0) is 14.0. The van der Waals surface area contributed by atoms with Crippen LogP contribution in [0.15, 0.2) is 11.1 Å². The van der Waals surface area contributed by atoms with Crippen LogP contribution < -0.4 is 0 Å². The molecule has 0 aromatic carbocycles. The summed E-state index contributed by atoms with van der Waals surface area (Å²) >= 11 is 6.32. The van der Waals surface area contributed by atoms with Gasteiger partial charge in [0.05, 0.1) is 5.75 Å². The predicted octanol–water partition coefficient (Wildman–Crippen LogP) is 2.29. The molecule has 0 bridgehead atoms. The molecular formula is C8H8ClF3N2O2S2. The third-order valence-electron chi connectivity index (χ3n) is 1.63. The maximum Gasteiger partial charge on any atom is 0.451 e. The SMILES string of the molecule is CS(=O)(=O)CCSc1cc(Cl)nc(C(F)(F)F)n1. The molecule has 18 heavy (non-hydrogen) atoms. The van der Waals surface area contributed by atoms with E-state index >= 15 is 0 Å². The van der Waals surface area contributed by atoms with Crippen LogP contribution in [0.1, 0.15) is 5.82 Å². The normalized spacial score (nSPS) is 12.7. The molecule has 1 aromatic rings. The lowest BCUT2D eigenvalue weighted by Gasteiger charge is -2.07. The van der Waals surface area contributed by atoms with Gasteiger partial charge >= 0.3 is 6.18 Å². The van der Waals surface area contributed by atoms with Gasteiger partial charge in [0.15, 0.2) is 0 Å². The molecule has 0 saturated carbocycles. The number of hydrogen-bond acceptors (Lipinski definition) is 5. The van der Waals surface area contributed by atoms with Gasteiger partial charge in [0.1, 0.15) is 20.0 Å². The summed E-state index contributed by atoms with van der Waals surface area (Å²) < 4.78 is 58.8. The van der Waals surface area contributed by atoms with Gasteiger partial charge in [-0.25, -0.2) is 18.4 Å². The molecule has 0 spiro atoms. The Hall–Kier alpha value is -0.540. The number of thioether (sulfide) groups is 1. The monoisotopic (exact) mass is 320 g/mol. The lowest BCUT2D eigenvalue weighted by Crippen LogP contribution is -2.12. The Kier molecular flexibility index (Phi) is 4.84. The Balaban J connectivity index is 2.81. The highest BCUT2D eigenvalue weighted by Crippen LogP contribution is 2.29. The van der Waals surface area contributed by atoms with Crippen molar-refractivity contribution in [2.45, 2.75) is 11.2 Å². The molecule has 102 valence electrons. The Morgan fingerprint density at radius 2 is 2.00 bits per heavy atom. The molecule has 0 N–H and O–H groups in total. The van der Waals surface area contributed by atoms with Crippen molar-refractivity contribution in [1.29, 1.82) is 0 Å². The largest absolute Gasteiger partial charge is 0.451 e. The predicted molar refractivity (Wildman–Crippen MR) is 62.5 cm³/mol. The zero-order valence-electron chi connectivity index (χ0n) is 9.03. The van der Waals surface area contributed by atoms with Crippen molar-refractivity contribution in [3.05, 3.63) is 17.0 Å². The molecule has 0 aliphatic heterocycles. The van der Waals surface area contributed by atoms with Crippen molar-refractivity contribution in [1.82, 2.24) is 9.97 Å². The van der Waals surface area contributed by atoms with Gasteiger partial charge < -0.3 is 0 Å². The summed E-state index contributed by atoms with van der Waals surface area (Å²) in [6, 6.07) is 1.16. The quantitative estimate of drug-likeness (QED) is 0.629. The Labute approximate surface area is 111 Å². The molecule has 0 amide bonds. The number of halogens is 4. The van der Waals surface area contributed by atoms with Gasteiger partial charge in [-0.1, -0.05) is 11.6 Å². The Morgan fingerprint density at radius 3 is 2.50 bits per heavy atom. The van der Waals surface area contributed by atoms with E-state index in [9.17, 15) is 21.6 Å². The first-order valence-electron chi connectivity index (χ1n) is 4.50. The second-order valence-electron chi connectivity index (χ2n) is 3.33. The van der Waals surface area contributed by atoms with Crippen molar-refractivity contribution in [2.75, 3.05) is 17.8 Å². The van der Waals surface area contributed by atoms with E-state index in [4.69, 9.17) is 11.6 Å². The highest BCUT2D eigenvalue weighted by atomic mass is 35.5. The summed E-state index contributed by atoms with van der Waals surface area (Å²) in [6.45, 7) is 0. The molecule has 1 heterocycles. The van der Waals surface area contributed by atoms with Crippen LogP contribution in [-0.4, -0.2) is 36.1 Å². The van der Waals surface area contributed by atoms with E-state index in [1.54, 1.807) is 0 Å². The van der Waals surface area contributed by atoms with Crippen LogP contribution in [-0.2, 0) is 16.0 Å². The molecule has 10 heteroatoms. The summed E-state index contributed by atoms with van der Waals surface area (Å²) in [4.78, 5) is 6.33. The van der Waals surface area contributed by atoms with Gasteiger partial charge in [-0.05, 0) is 0 Å². The lowest BCUT2D eigenvalue weighted by atomic mass is 10.5. The summed E-state index contributed by atoms with van der Waals surface area (Å²) in [5, 5.41) is -0.342. The average Bonchev–Trinajstić information content (AvgIpc) is 2.13. The van der Waals surface area contributed by atoms with Gasteiger partial charge in [0, 0.05) is 18.1 Å². The maximum absolute atomic E-state index is 12.4. The number of nitrogens with zero attached hydrogens (tertiary/aromatic N) is 2. The fourth-order valence-electron chi connectivity index (χ4n) is 0.895. The lowest BCUT2D eigenvalue weighted by molar-refractivity contribution is -0.145. The molecule has 0 aliphatic carbocycles. The minimum absolute atomic E-state index is 0.00836. The highest BCUT2D eigenvalue weighted by molar-refractivity contribution is 8.00. The van der Waals surface area contributed by atoms with E-state index < -0.39 is 21.8 Å². The highest BCUT2D eigenvalue weighted by Gasteiger charge is 2.35. The first-order chi connectivity index (χ1) is 8.08. The Morgan fingerprint density at radius 1 is 1.39 bits per heavy atom. The first-order valence-corrected chi connectivity index (χ1v) is 7.92. The number of aromatic nitrogens is 2. The number of hydrogen-bond donors (Lipinski definition) is 0. The van der Waals surface area contributed by atoms with Gasteiger partial charge in [-0.3, -0.25) is 0 Å². The zero-order valence-corrected chi connectivity index (χ0v) is 11.4. The van der Waals surface area contributed by atoms with Gasteiger partial charge in [0.25, 0.3) is 0 Å². The van der Waals surface area contributed by atoms with Crippen LogP contribution in [0, 0.1) is 0 Å². The van der Waals surface area contributed by atoms with Crippen molar-refractivity contribution < 1.29 is 21.6 Å². The molecule has 1 rings (SSSR count). The molecule has 0 unspecified atom stereocenters. The third-order valence-corrected chi connectivity index (χ3v) is 3.94. The summed E-state index contributed by atoms with van der Waals surface area (Å²) in [6.07, 6.45) is -3.64. The van der Waals surface area contributed by atoms with Crippen molar-refractivity contribution >= 4 is 33.2 Å². The molecule has 4 nitrogen and oxygen atoms in total. The fourth-order valence-corrected chi connectivity index (χ4v) is 3.24. The van der Waals surface area contributed by atoms with Gasteiger partial charge in [-0.2, -0.15) is 13.2 Å². The van der Waals surface area contributed by atoms with Crippen LogP contribution in [0.4, 0.5) is 13.2 Å². The minimum atomic E-state index is -4.68. The smallest absolute Gasteiger partial charge is 0.229 e. The fraction of sp³-hybridized carbons (Fsp3) is 0.500. The van der Waals surface area contributed by atoms with Crippen LogP contribution in [0.5, 0.6) is 0 Å². The number of alkyl halides is 3. The summed E-state index contributed by atoms with van der Waals surface area (Å²) in [5.41, 5.74) is 0. The first kappa shape index (κ1) is 15.5. The van der Waals surface area contributed by atoms with E-state index in [0.29, 0.717) is 0 Å². The summed E-state index contributed by atoms with van der Waals surface area (Å²) in [5.74, 6) is -1.39. The van der Waals surface area contributed by atoms with Crippen LogP contribution >= 0.6 is 23.4 Å². The van der Waals surface area contributed by atoms with Crippen LogP contribution in [0.3, 0.4) is 0 Å². The van der Waals surface area contributed by atoms with E-state index in [1.165, 1.54) is 0 Å². The second kappa shape index (κ2) is 5.62. The second-order valence-corrected chi connectivity index (χ2v) is 7.09. The van der Waals surface area contributed by atoms with E-state index in [-0.39, 0.29) is 21.7 Å². The molecular weight excluding hydrogens is 313 g/mol. The van der Waals surface area contributed by atoms with Crippen LogP contribution in [0.25, 0.3) is 0 Å². The molecule has 0 aliphatic rings. The van der Waals surface area contributed by atoms with Crippen molar-refractivity contribution in [2.24, 2.45) is 0 Å².